The zero-order chi connectivity index (χ0) is 12.4. The predicted octanol–water partition coefficient (Wildman–Crippen LogP) is 2.05. The SMILES string of the molecule is NNc1nccc(Sc2nc3ccccc3o2)n1. The zero-order valence-electron chi connectivity index (χ0n) is 9.20. The van der Waals surface area contributed by atoms with Gasteiger partial charge in [-0.2, -0.15) is 0 Å². The minimum Gasteiger partial charge on any atom is -0.431 e. The average molecular weight is 259 g/mol. The largest absolute Gasteiger partial charge is 0.431 e. The van der Waals surface area contributed by atoms with Crippen molar-refractivity contribution in [3.05, 3.63) is 36.5 Å². The van der Waals surface area contributed by atoms with E-state index in [-0.39, 0.29) is 0 Å². The second kappa shape index (κ2) is 4.63. The first-order chi connectivity index (χ1) is 8.85. The van der Waals surface area contributed by atoms with Gasteiger partial charge in [-0.05, 0) is 30.0 Å². The van der Waals surface area contributed by atoms with Crippen LogP contribution in [0.15, 0.2) is 51.2 Å². The first-order valence-electron chi connectivity index (χ1n) is 5.18. The average Bonchev–Trinajstić information content (AvgIpc) is 2.81. The van der Waals surface area contributed by atoms with Gasteiger partial charge in [0.15, 0.2) is 5.58 Å². The fourth-order valence-electron chi connectivity index (χ4n) is 1.45. The van der Waals surface area contributed by atoms with Crippen molar-refractivity contribution >= 4 is 28.8 Å². The highest BCUT2D eigenvalue weighted by Crippen LogP contribution is 2.28. The first kappa shape index (κ1) is 11.0. The molecule has 0 aliphatic heterocycles. The number of nitrogen functional groups attached to an aromatic ring is 1. The van der Waals surface area contributed by atoms with Gasteiger partial charge in [0.25, 0.3) is 5.22 Å². The molecule has 2 heterocycles. The summed E-state index contributed by atoms with van der Waals surface area (Å²) in [5.41, 5.74) is 3.97. The van der Waals surface area contributed by atoms with Gasteiger partial charge in [0.2, 0.25) is 5.95 Å². The van der Waals surface area contributed by atoms with Gasteiger partial charge in [-0.1, -0.05) is 12.1 Å². The molecule has 0 unspecified atom stereocenters. The second-order valence-electron chi connectivity index (χ2n) is 3.41. The highest BCUT2D eigenvalue weighted by Gasteiger charge is 2.08. The number of nitrogens with zero attached hydrogens (tertiary/aromatic N) is 3. The van der Waals surface area contributed by atoms with E-state index >= 15 is 0 Å². The zero-order valence-corrected chi connectivity index (χ0v) is 10.0. The number of hydrazine groups is 1. The van der Waals surface area contributed by atoms with Crippen LogP contribution in [0, 0.1) is 0 Å². The number of hydrogen-bond acceptors (Lipinski definition) is 7. The van der Waals surface area contributed by atoms with Crippen molar-refractivity contribution in [1.29, 1.82) is 0 Å². The normalized spacial score (nSPS) is 10.7. The van der Waals surface area contributed by atoms with Crippen LogP contribution >= 0.6 is 11.8 Å². The van der Waals surface area contributed by atoms with E-state index in [1.165, 1.54) is 11.8 Å². The number of hydrogen-bond donors (Lipinski definition) is 2. The Morgan fingerprint density at radius 3 is 2.89 bits per heavy atom. The first-order valence-corrected chi connectivity index (χ1v) is 6.00. The molecule has 7 heteroatoms. The molecule has 0 aliphatic carbocycles. The van der Waals surface area contributed by atoms with Crippen molar-refractivity contribution in [2.75, 3.05) is 5.43 Å². The Kier molecular flexibility index (Phi) is 2.83. The lowest BCUT2D eigenvalue weighted by Gasteiger charge is -1.99. The molecule has 0 bridgehead atoms. The maximum Gasteiger partial charge on any atom is 0.263 e. The molecular formula is C11H9N5OS. The summed E-state index contributed by atoms with van der Waals surface area (Å²) in [5.74, 6) is 5.61. The van der Waals surface area contributed by atoms with Gasteiger partial charge in [-0.25, -0.2) is 20.8 Å². The van der Waals surface area contributed by atoms with Crippen molar-refractivity contribution in [3.8, 4) is 0 Å². The molecule has 3 rings (SSSR count). The Balaban J connectivity index is 1.91. The third-order valence-corrected chi connectivity index (χ3v) is 3.01. The molecule has 3 N–H and O–H groups in total. The van der Waals surface area contributed by atoms with Crippen molar-refractivity contribution in [1.82, 2.24) is 15.0 Å². The molecule has 1 aromatic carbocycles. The Morgan fingerprint density at radius 2 is 2.06 bits per heavy atom. The summed E-state index contributed by atoms with van der Waals surface area (Å²) in [6, 6.07) is 9.36. The number of aromatic nitrogens is 3. The van der Waals surface area contributed by atoms with Crippen LogP contribution < -0.4 is 11.3 Å². The Bertz CT molecular complexity index is 651. The fraction of sp³-hybridized carbons (Fsp3) is 0. The highest BCUT2D eigenvalue weighted by molar-refractivity contribution is 7.99. The Labute approximate surface area is 107 Å². The van der Waals surface area contributed by atoms with Gasteiger partial charge >= 0.3 is 0 Å². The van der Waals surface area contributed by atoms with Gasteiger partial charge in [0, 0.05) is 6.20 Å². The van der Waals surface area contributed by atoms with Crippen molar-refractivity contribution < 1.29 is 4.42 Å². The molecule has 0 saturated carbocycles. The van der Waals surface area contributed by atoms with E-state index in [0.29, 0.717) is 16.2 Å². The van der Waals surface area contributed by atoms with Crippen LogP contribution in [0.3, 0.4) is 0 Å². The lowest BCUT2D eigenvalue weighted by atomic mass is 10.3. The summed E-state index contributed by atoms with van der Waals surface area (Å²) in [6.07, 6.45) is 1.62. The van der Waals surface area contributed by atoms with Crippen molar-refractivity contribution in [2.24, 2.45) is 5.84 Å². The maximum absolute atomic E-state index is 5.59. The Morgan fingerprint density at radius 1 is 1.17 bits per heavy atom. The van der Waals surface area contributed by atoms with Crippen molar-refractivity contribution in [2.45, 2.75) is 10.2 Å². The number of rotatable bonds is 3. The topological polar surface area (TPSA) is 89.9 Å². The molecule has 3 aromatic rings. The minimum absolute atomic E-state index is 0.358. The van der Waals surface area contributed by atoms with Gasteiger partial charge < -0.3 is 4.42 Å². The number of benzene rings is 1. The summed E-state index contributed by atoms with van der Waals surface area (Å²) >= 11 is 1.32. The van der Waals surface area contributed by atoms with Crippen LogP contribution in [0.25, 0.3) is 11.1 Å². The lowest BCUT2D eigenvalue weighted by molar-refractivity contribution is 0.489. The minimum atomic E-state index is 0.358. The summed E-state index contributed by atoms with van der Waals surface area (Å²) in [6.45, 7) is 0. The highest BCUT2D eigenvalue weighted by atomic mass is 32.2. The van der Waals surface area contributed by atoms with Gasteiger partial charge in [-0.15, -0.1) is 0 Å². The van der Waals surface area contributed by atoms with Crippen LogP contribution in [0.2, 0.25) is 0 Å². The van der Waals surface area contributed by atoms with E-state index in [2.05, 4.69) is 20.4 Å². The van der Waals surface area contributed by atoms with E-state index in [0.717, 1.165) is 11.1 Å². The number of anilines is 1. The molecule has 0 radical (unpaired) electrons. The third kappa shape index (κ3) is 2.13. The molecule has 6 nitrogen and oxygen atoms in total. The van der Waals surface area contributed by atoms with Gasteiger partial charge in [0.05, 0.1) is 0 Å². The van der Waals surface area contributed by atoms with E-state index in [1.807, 2.05) is 24.3 Å². The van der Waals surface area contributed by atoms with Gasteiger partial charge in [0.1, 0.15) is 10.5 Å². The van der Waals surface area contributed by atoms with Crippen LogP contribution in [-0.4, -0.2) is 15.0 Å². The molecule has 0 fully saturated rings. The van der Waals surface area contributed by atoms with Crippen LogP contribution in [0.4, 0.5) is 5.95 Å². The Hall–Kier alpha value is -2.12. The smallest absolute Gasteiger partial charge is 0.263 e. The summed E-state index contributed by atoms with van der Waals surface area (Å²) in [4.78, 5) is 12.5. The van der Waals surface area contributed by atoms with Crippen LogP contribution in [-0.2, 0) is 0 Å². The third-order valence-electron chi connectivity index (χ3n) is 2.23. The summed E-state index contributed by atoms with van der Waals surface area (Å²) in [5, 5.41) is 1.25. The van der Waals surface area contributed by atoms with E-state index in [1.54, 1.807) is 12.3 Å². The fourth-order valence-corrected chi connectivity index (χ4v) is 2.17. The lowest BCUT2D eigenvalue weighted by Crippen LogP contribution is -2.10. The van der Waals surface area contributed by atoms with Crippen molar-refractivity contribution in [3.63, 3.8) is 0 Å². The monoisotopic (exact) mass is 259 g/mol. The number of fused-ring (bicyclic) bond motifs is 1. The maximum atomic E-state index is 5.59. The number of para-hydroxylation sites is 2. The molecular weight excluding hydrogens is 250 g/mol. The quantitative estimate of drug-likeness (QED) is 0.422. The molecule has 2 aromatic heterocycles. The number of nitrogens with two attached hydrogens (primary N) is 1. The molecule has 18 heavy (non-hydrogen) atoms. The van der Waals surface area contributed by atoms with Crippen LogP contribution in [0.5, 0.6) is 0 Å². The van der Waals surface area contributed by atoms with E-state index in [4.69, 9.17) is 10.3 Å². The standard InChI is InChI=1S/C11H9N5OS/c12-16-10-13-6-5-9(15-10)18-11-14-7-3-1-2-4-8(7)17-11/h1-6H,12H2,(H,13,15,16). The molecule has 0 spiro atoms. The van der Waals surface area contributed by atoms with Crippen LogP contribution in [0.1, 0.15) is 0 Å². The molecule has 0 amide bonds. The second-order valence-corrected chi connectivity index (χ2v) is 4.38. The summed E-state index contributed by atoms with van der Waals surface area (Å²) in [7, 11) is 0. The van der Waals surface area contributed by atoms with E-state index in [9.17, 15) is 0 Å². The number of oxazole rings is 1. The molecule has 90 valence electrons. The number of nitrogens with one attached hydrogen (secondary N) is 1. The molecule has 0 aliphatic rings. The summed E-state index contributed by atoms with van der Waals surface area (Å²) < 4.78 is 5.59. The van der Waals surface area contributed by atoms with Gasteiger partial charge in [-0.3, -0.25) is 5.43 Å². The molecule has 0 atom stereocenters. The molecule has 0 saturated heterocycles. The predicted molar refractivity (Wildman–Crippen MR) is 68.0 cm³/mol. The van der Waals surface area contributed by atoms with E-state index < -0.39 is 0 Å².